The zero-order chi connectivity index (χ0) is 15.5. The van der Waals surface area contributed by atoms with E-state index in [9.17, 15) is 0 Å². The summed E-state index contributed by atoms with van der Waals surface area (Å²) in [6.45, 7) is 9.37. The van der Waals surface area contributed by atoms with Gasteiger partial charge < -0.3 is 0 Å². The van der Waals surface area contributed by atoms with Crippen LogP contribution in [-0.2, 0) is 5.41 Å². The van der Waals surface area contributed by atoms with Crippen LogP contribution < -0.4 is 0 Å². The Morgan fingerprint density at radius 3 is 2.23 bits per heavy atom. The first-order valence-electron chi connectivity index (χ1n) is 8.18. The molecule has 0 unspecified atom stereocenters. The highest BCUT2D eigenvalue weighted by atomic mass is 14.4. The van der Waals surface area contributed by atoms with E-state index in [2.05, 4.69) is 82.3 Å². The lowest BCUT2D eigenvalue weighted by Crippen LogP contribution is -2.18. The molecule has 0 heteroatoms. The fourth-order valence-electron chi connectivity index (χ4n) is 4.27. The van der Waals surface area contributed by atoms with Gasteiger partial charge in [0.05, 0.1) is 0 Å². The van der Waals surface area contributed by atoms with E-state index in [1.807, 2.05) is 0 Å². The molecule has 3 aromatic carbocycles. The minimum atomic E-state index is 0.0619. The van der Waals surface area contributed by atoms with E-state index in [1.165, 1.54) is 38.6 Å². The minimum Gasteiger partial charge on any atom is -0.0616 e. The Hall–Kier alpha value is -2.08. The Morgan fingerprint density at radius 1 is 0.727 bits per heavy atom. The molecular weight excluding hydrogens is 264 g/mol. The second-order valence-corrected chi connectivity index (χ2v) is 7.26. The average Bonchev–Trinajstić information content (AvgIpc) is 2.76. The molecule has 4 rings (SSSR count). The lowest BCUT2D eigenvalue weighted by molar-refractivity contribution is 0.647. The number of hydrogen-bond donors (Lipinski definition) is 0. The summed E-state index contributed by atoms with van der Waals surface area (Å²) in [5.41, 5.74) is 7.41. The van der Waals surface area contributed by atoms with Crippen LogP contribution in [-0.4, -0.2) is 0 Å². The SMILES string of the molecule is CC(C)c1cccc2c1C(C)(C)c1c-2ccc2ccccc12. The van der Waals surface area contributed by atoms with E-state index < -0.39 is 0 Å². The van der Waals surface area contributed by atoms with E-state index in [0.29, 0.717) is 5.92 Å². The van der Waals surface area contributed by atoms with Gasteiger partial charge in [0.2, 0.25) is 0 Å². The molecule has 1 aliphatic carbocycles. The third kappa shape index (κ3) is 1.64. The van der Waals surface area contributed by atoms with Crippen LogP contribution in [0.15, 0.2) is 54.6 Å². The Bertz CT molecular complexity index is 882. The Morgan fingerprint density at radius 2 is 1.45 bits per heavy atom. The van der Waals surface area contributed by atoms with Crippen LogP contribution in [0.1, 0.15) is 50.3 Å². The van der Waals surface area contributed by atoms with E-state index in [-0.39, 0.29) is 5.41 Å². The summed E-state index contributed by atoms with van der Waals surface area (Å²) in [7, 11) is 0. The van der Waals surface area contributed by atoms with Crippen molar-refractivity contribution in [2.24, 2.45) is 0 Å². The summed E-state index contributed by atoms with van der Waals surface area (Å²) in [6, 6.07) is 20.2. The summed E-state index contributed by atoms with van der Waals surface area (Å²) in [5, 5.41) is 2.74. The molecule has 0 saturated heterocycles. The van der Waals surface area contributed by atoms with Crippen LogP contribution in [0.25, 0.3) is 21.9 Å². The maximum absolute atomic E-state index is 2.38. The first kappa shape index (κ1) is 13.6. The van der Waals surface area contributed by atoms with E-state index in [1.54, 1.807) is 0 Å². The topological polar surface area (TPSA) is 0 Å². The quantitative estimate of drug-likeness (QED) is 0.494. The molecule has 0 aliphatic heterocycles. The molecule has 0 bridgehead atoms. The maximum Gasteiger partial charge on any atom is 0.0167 e. The fourth-order valence-corrected chi connectivity index (χ4v) is 4.27. The van der Waals surface area contributed by atoms with Gasteiger partial charge in [-0.3, -0.25) is 0 Å². The van der Waals surface area contributed by atoms with Crippen LogP contribution in [0.2, 0.25) is 0 Å². The molecule has 1 aliphatic rings. The number of hydrogen-bond acceptors (Lipinski definition) is 0. The molecule has 0 N–H and O–H groups in total. The predicted molar refractivity (Wildman–Crippen MR) is 95.6 cm³/mol. The van der Waals surface area contributed by atoms with Gasteiger partial charge in [0.25, 0.3) is 0 Å². The summed E-state index contributed by atoms with van der Waals surface area (Å²) in [4.78, 5) is 0. The van der Waals surface area contributed by atoms with Gasteiger partial charge in [0, 0.05) is 5.41 Å². The molecule has 22 heavy (non-hydrogen) atoms. The highest BCUT2D eigenvalue weighted by Crippen LogP contribution is 2.53. The number of fused-ring (bicyclic) bond motifs is 5. The molecule has 3 aromatic rings. The maximum atomic E-state index is 2.38. The van der Waals surface area contributed by atoms with Gasteiger partial charge in [-0.25, -0.2) is 0 Å². The van der Waals surface area contributed by atoms with E-state index >= 15 is 0 Å². The van der Waals surface area contributed by atoms with Crippen molar-refractivity contribution in [3.05, 3.63) is 71.3 Å². The van der Waals surface area contributed by atoms with Crippen molar-refractivity contribution in [1.29, 1.82) is 0 Å². The Balaban J connectivity index is 2.15. The lowest BCUT2D eigenvalue weighted by Gasteiger charge is -2.26. The highest BCUT2D eigenvalue weighted by molar-refractivity contribution is 5.97. The largest absolute Gasteiger partial charge is 0.0616 e. The molecule has 0 saturated carbocycles. The predicted octanol–water partition coefficient (Wildman–Crippen LogP) is 6.27. The third-order valence-corrected chi connectivity index (χ3v) is 5.19. The van der Waals surface area contributed by atoms with Crippen LogP contribution in [0.3, 0.4) is 0 Å². The molecule has 0 radical (unpaired) electrons. The van der Waals surface area contributed by atoms with Crippen molar-refractivity contribution in [2.45, 2.75) is 39.0 Å². The van der Waals surface area contributed by atoms with Crippen LogP contribution >= 0.6 is 0 Å². The summed E-state index contributed by atoms with van der Waals surface area (Å²) in [6.07, 6.45) is 0. The number of rotatable bonds is 1. The lowest BCUT2D eigenvalue weighted by atomic mass is 9.77. The van der Waals surface area contributed by atoms with Crippen molar-refractivity contribution in [1.82, 2.24) is 0 Å². The molecular formula is C22H22. The van der Waals surface area contributed by atoms with Gasteiger partial charge in [-0.15, -0.1) is 0 Å². The summed E-state index contributed by atoms with van der Waals surface area (Å²) < 4.78 is 0. The van der Waals surface area contributed by atoms with Gasteiger partial charge in [-0.1, -0.05) is 82.3 Å². The number of benzene rings is 3. The first-order chi connectivity index (χ1) is 10.5. The smallest absolute Gasteiger partial charge is 0.0167 e. The zero-order valence-electron chi connectivity index (χ0n) is 13.8. The van der Waals surface area contributed by atoms with Crippen LogP contribution in [0.4, 0.5) is 0 Å². The average molecular weight is 286 g/mol. The van der Waals surface area contributed by atoms with Crippen LogP contribution in [0, 0.1) is 0 Å². The molecule has 0 atom stereocenters. The normalized spacial score (nSPS) is 15.1. The van der Waals surface area contributed by atoms with Gasteiger partial charge in [0.15, 0.2) is 0 Å². The molecule has 0 nitrogen and oxygen atoms in total. The summed E-state index contributed by atoms with van der Waals surface area (Å²) >= 11 is 0. The second kappa shape index (κ2) is 4.46. The van der Waals surface area contributed by atoms with Gasteiger partial charge in [-0.2, -0.15) is 0 Å². The van der Waals surface area contributed by atoms with Crippen LogP contribution in [0.5, 0.6) is 0 Å². The standard InChI is InChI=1S/C22H22/c1-14(2)16-10-7-11-18-19-13-12-15-8-5-6-9-17(15)21(19)22(3,4)20(16)18/h5-14H,1-4H3. The molecule has 0 spiro atoms. The molecule has 110 valence electrons. The Labute approximate surface area is 132 Å². The minimum absolute atomic E-state index is 0.0619. The van der Waals surface area contributed by atoms with Gasteiger partial charge in [-0.05, 0) is 44.5 Å². The Kier molecular flexibility index (Phi) is 2.75. The van der Waals surface area contributed by atoms with Gasteiger partial charge >= 0.3 is 0 Å². The zero-order valence-corrected chi connectivity index (χ0v) is 13.8. The summed E-state index contributed by atoms with van der Waals surface area (Å²) in [5.74, 6) is 0.551. The molecule has 0 amide bonds. The first-order valence-corrected chi connectivity index (χ1v) is 8.18. The van der Waals surface area contributed by atoms with Crippen molar-refractivity contribution in [3.63, 3.8) is 0 Å². The third-order valence-electron chi connectivity index (χ3n) is 5.19. The van der Waals surface area contributed by atoms with Crippen molar-refractivity contribution in [3.8, 4) is 11.1 Å². The molecule has 0 aromatic heterocycles. The van der Waals surface area contributed by atoms with Gasteiger partial charge in [0.1, 0.15) is 0 Å². The molecule has 0 fully saturated rings. The van der Waals surface area contributed by atoms with E-state index in [4.69, 9.17) is 0 Å². The van der Waals surface area contributed by atoms with Crippen molar-refractivity contribution >= 4 is 10.8 Å². The monoisotopic (exact) mass is 286 g/mol. The van der Waals surface area contributed by atoms with E-state index in [0.717, 1.165) is 0 Å². The van der Waals surface area contributed by atoms with Crippen molar-refractivity contribution in [2.75, 3.05) is 0 Å². The highest BCUT2D eigenvalue weighted by Gasteiger charge is 2.38. The fraction of sp³-hybridized carbons (Fsp3) is 0.273. The second-order valence-electron chi connectivity index (χ2n) is 7.26. The van der Waals surface area contributed by atoms with Crippen molar-refractivity contribution < 1.29 is 0 Å². The molecule has 0 heterocycles.